The van der Waals surface area contributed by atoms with E-state index in [2.05, 4.69) is 5.10 Å². The van der Waals surface area contributed by atoms with Crippen LogP contribution in [0.1, 0.15) is 46.0 Å². The number of hydrazone groups is 1. The molecule has 15 heavy (non-hydrogen) atoms. The van der Waals surface area contributed by atoms with E-state index in [1.165, 1.54) is 19.3 Å². The maximum atomic E-state index is 10.7. The van der Waals surface area contributed by atoms with Crippen molar-refractivity contribution in [2.45, 2.75) is 52.0 Å². The average Bonchev–Trinajstić information content (AvgIpc) is 2.26. The molecule has 4 nitrogen and oxygen atoms in total. The van der Waals surface area contributed by atoms with Crippen LogP contribution in [-0.4, -0.2) is 34.4 Å². The largest absolute Gasteiger partial charge is 0.477 e. The molecule has 0 aromatic heterocycles. The summed E-state index contributed by atoms with van der Waals surface area (Å²) in [7, 11) is 0. The summed E-state index contributed by atoms with van der Waals surface area (Å²) in [4.78, 5) is 10.7. The highest BCUT2D eigenvalue weighted by atomic mass is 16.4. The zero-order chi connectivity index (χ0) is 11.3. The Morgan fingerprint density at radius 2 is 2.00 bits per heavy atom. The van der Waals surface area contributed by atoms with E-state index in [0.717, 1.165) is 19.4 Å². The first-order valence-electron chi connectivity index (χ1n) is 5.70. The van der Waals surface area contributed by atoms with Crippen molar-refractivity contribution in [1.29, 1.82) is 0 Å². The van der Waals surface area contributed by atoms with Crippen molar-refractivity contribution in [2.75, 3.05) is 6.54 Å². The predicted molar refractivity (Wildman–Crippen MR) is 60.0 cm³/mol. The third kappa shape index (κ3) is 3.53. The molecule has 0 spiro atoms. The van der Waals surface area contributed by atoms with E-state index in [4.69, 9.17) is 5.11 Å². The zero-order valence-corrected chi connectivity index (χ0v) is 9.57. The number of aliphatic carboxylic acids is 1. The van der Waals surface area contributed by atoms with Crippen molar-refractivity contribution in [3.8, 4) is 0 Å². The minimum Gasteiger partial charge on any atom is -0.477 e. The number of hydrogen-bond acceptors (Lipinski definition) is 3. The molecule has 0 aromatic carbocycles. The van der Waals surface area contributed by atoms with E-state index < -0.39 is 5.97 Å². The van der Waals surface area contributed by atoms with Gasteiger partial charge in [-0.25, -0.2) is 4.79 Å². The molecule has 1 aliphatic carbocycles. The van der Waals surface area contributed by atoms with Crippen LogP contribution in [0.5, 0.6) is 0 Å². The molecule has 0 heterocycles. The monoisotopic (exact) mass is 212 g/mol. The van der Waals surface area contributed by atoms with Crippen molar-refractivity contribution in [3.63, 3.8) is 0 Å². The minimum absolute atomic E-state index is 0.183. The summed E-state index contributed by atoms with van der Waals surface area (Å²) in [5.41, 5.74) is 0.183. The van der Waals surface area contributed by atoms with E-state index in [9.17, 15) is 4.79 Å². The van der Waals surface area contributed by atoms with Crippen LogP contribution >= 0.6 is 0 Å². The fourth-order valence-electron chi connectivity index (χ4n) is 2.03. The SMILES string of the molecule is CCN(N=C(C)C(=O)O)C1CCCCC1. The number of carbonyl (C=O) groups is 1. The molecule has 4 heteroatoms. The third-order valence-electron chi connectivity index (χ3n) is 2.91. The van der Waals surface area contributed by atoms with Gasteiger partial charge < -0.3 is 5.11 Å². The van der Waals surface area contributed by atoms with Crippen molar-refractivity contribution < 1.29 is 9.90 Å². The van der Waals surface area contributed by atoms with Gasteiger partial charge in [-0.3, -0.25) is 5.01 Å². The maximum Gasteiger partial charge on any atom is 0.351 e. The van der Waals surface area contributed by atoms with Gasteiger partial charge in [-0.15, -0.1) is 0 Å². The zero-order valence-electron chi connectivity index (χ0n) is 9.57. The molecule has 0 saturated heterocycles. The Bertz CT molecular complexity index is 245. The predicted octanol–water partition coefficient (Wildman–Crippen LogP) is 2.10. The van der Waals surface area contributed by atoms with Crippen molar-refractivity contribution in [2.24, 2.45) is 5.10 Å². The van der Waals surface area contributed by atoms with Crippen LogP contribution in [0, 0.1) is 0 Å². The van der Waals surface area contributed by atoms with Crippen LogP contribution in [0.15, 0.2) is 5.10 Å². The van der Waals surface area contributed by atoms with Gasteiger partial charge >= 0.3 is 5.97 Å². The van der Waals surface area contributed by atoms with Gasteiger partial charge in [-0.05, 0) is 26.7 Å². The van der Waals surface area contributed by atoms with Gasteiger partial charge in [0.25, 0.3) is 0 Å². The summed E-state index contributed by atoms with van der Waals surface area (Å²) < 4.78 is 0. The molecule has 0 unspecified atom stereocenters. The van der Waals surface area contributed by atoms with Crippen LogP contribution in [-0.2, 0) is 4.79 Å². The Balaban J connectivity index is 2.61. The van der Waals surface area contributed by atoms with Crippen LogP contribution in [0.25, 0.3) is 0 Å². The van der Waals surface area contributed by atoms with E-state index in [0.29, 0.717) is 6.04 Å². The Morgan fingerprint density at radius 1 is 1.40 bits per heavy atom. The van der Waals surface area contributed by atoms with E-state index in [1.807, 2.05) is 11.9 Å². The lowest BCUT2D eigenvalue weighted by atomic mass is 9.95. The van der Waals surface area contributed by atoms with Crippen LogP contribution in [0.3, 0.4) is 0 Å². The standard InChI is InChI=1S/C11H20N2O2/c1-3-13(12-9(2)11(14)15)10-7-5-4-6-8-10/h10H,3-8H2,1-2H3,(H,14,15). The van der Waals surface area contributed by atoms with E-state index in [1.54, 1.807) is 6.92 Å². The summed E-state index contributed by atoms with van der Waals surface area (Å²) in [6, 6.07) is 0.443. The molecule has 1 saturated carbocycles. The normalized spacial score (nSPS) is 18.9. The molecule has 1 fully saturated rings. The number of carboxylic acids is 1. The molecule has 0 aliphatic heterocycles. The van der Waals surface area contributed by atoms with Crippen LogP contribution in [0.2, 0.25) is 0 Å². The smallest absolute Gasteiger partial charge is 0.351 e. The quantitative estimate of drug-likeness (QED) is 0.573. The second-order valence-corrected chi connectivity index (χ2v) is 4.04. The van der Waals surface area contributed by atoms with Crippen molar-refractivity contribution in [1.82, 2.24) is 5.01 Å². The van der Waals surface area contributed by atoms with Crippen LogP contribution < -0.4 is 0 Å². The fraction of sp³-hybridized carbons (Fsp3) is 0.818. The molecule has 0 radical (unpaired) electrons. The number of hydrogen-bond donors (Lipinski definition) is 1. The Hall–Kier alpha value is -1.06. The van der Waals surface area contributed by atoms with Gasteiger partial charge in [0.2, 0.25) is 0 Å². The second kappa shape index (κ2) is 5.73. The first kappa shape index (κ1) is 12.0. The second-order valence-electron chi connectivity index (χ2n) is 4.04. The molecular weight excluding hydrogens is 192 g/mol. The lowest BCUT2D eigenvalue weighted by Crippen LogP contribution is -2.34. The lowest BCUT2D eigenvalue weighted by molar-refractivity contribution is -0.129. The molecular formula is C11H20N2O2. The molecule has 0 aromatic rings. The summed E-state index contributed by atoms with van der Waals surface area (Å²) >= 11 is 0. The molecule has 1 N–H and O–H groups in total. The van der Waals surface area contributed by atoms with Crippen LogP contribution in [0.4, 0.5) is 0 Å². The Morgan fingerprint density at radius 3 is 2.47 bits per heavy atom. The summed E-state index contributed by atoms with van der Waals surface area (Å²) in [5, 5.41) is 14.9. The Kier molecular flexibility index (Phi) is 4.59. The highest BCUT2D eigenvalue weighted by Gasteiger charge is 2.19. The molecule has 1 rings (SSSR count). The first-order valence-corrected chi connectivity index (χ1v) is 5.70. The molecule has 0 atom stereocenters. The number of nitrogens with zero attached hydrogens (tertiary/aromatic N) is 2. The van der Waals surface area contributed by atoms with Gasteiger partial charge in [0.15, 0.2) is 0 Å². The van der Waals surface area contributed by atoms with Gasteiger partial charge in [-0.1, -0.05) is 19.3 Å². The van der Waals surface area contributed by atoms with Gasteiger partial charge in [0.1, 0.15) is 5.71 Å². The van der Waals surface area contributed by atoms with Crippen molar-refractivity contribution >= 4 is 11.7 Å². The van der Waals surface area contributed by atoms with E-state index in [-0.39, 0.29) is 5.71 Å². The van der Waals surface area contributed by atoms with Gasteiger partial charge in [-0.2, -0.15) is 5.10 Å². The lowest BCUT2D eigenvalue weighted by Gasteiger charge is -2.31. The molecule has 86 valence electrons. The molecule has 1 aliphatic rings. The Labute approximate surface area is 91.0 Å². The third-order valence-corrected chi connectivity index (χ3v) is 2.91. The number of carboxylic acid groups (broad SMARTS) is 1. The topological polar surface area (TPSA) is 52.9 Å². The van der Waals surface area contributed by atoms with E-state index >= 15 is 0 Å². The summed E-state index contributed by atoms with van der Waals surface area (Å²) in [5.74, 6) is -0.927. The maximum absolute atomic E-state index is 10.7. The number of rotatable bonds is 4. The first-order chi connectivity index (χ1) is 7.15. The minimum atomic E-state index is -0.927. The van der Waals surface area contributed by atoms with Crippen molar-refractivity contribution in [3.05, 3.63) is 0 Å². The summed E-state index contributed by atoms with van der Waals surface area (Å²) in [6.45, 7) is 4.36. The molecule has 0 bridgehead atoms. The van der Waals surface area contributed by atoms with Gasteiger partial charge in [0, 0.05) is 12.6 Å². The fourth-order valence-corrected chi connectivity index (χ4v) is 2.03. The highest BCUT2D eigenvalue weighted by molar-refractivity contribution is 6.34. The highest BCUT2D eigenvalue weighted by Crippen LogP contribution is 2.22. The summed E-state index contributed by atoms with van der Waals surface area (Å²) in [6.07, 6.45) is 6.07. The average molecular weight is 212 g/mol. The molecule has 0 amide bonds. The van der Waals surface area contributed by atoms with Gasteiger partial charge in [0.05, 0.1) is 0 Å².